The van der Waals surface area contributed by atoms with Crippen LogP contribution in [-0.4, -0.2) is 28.3 Å². The summed E-state index contributed by atoms with van der Waals surface area (Å²) in [6.07, 6.45) is 17.4. The van der Waals surface area contributed by atoms with Crippen molar-refractivity contribution in [3.63, 3.8) is 0 Å². The maximum atomic E-state index is 10.1. The molecule has 1 rings (SSSR count). The fraction of sp³-hybridized carbons (Fsp3) is 0.759. The van der Waals surface area contributed by atoms with Gasteiger partial charge in [-0.25, -0.2) is 0 Å². The molecule has 1 aromatic carbocycles. The number of aliphatic hydroxyl groups excluding tert-OH is 1. The molecular weight excluding hydrogens is 410 g/mol. The molecule has 192 valence electrons. The number of hydrogen-bond acceptors (Lipinski definition) is 3. The monoisotopic (exact) mass is 463 g/mol. The Kier molecular flexibility index (Phi) is 21.5. The lowest BCUT2D eigenvalue weighted by Crippen LogP contribution is -2.35. The van der Waals surface area contributed by atoms with Gasteiger partial charge >= 0.3 is 5.97 Å². The molecule has 4 heteroatoms. The molecule has 0 aromatic heterocycles. The van der Waals surface area contributed by atoms with Gasteiger partial charge in [-0.3, -0.25) is 4.79 Å². The van der Waals surface area contributed by atoms with E-state index in [1.807, 2.05) is 6.07 Å². The molecule has 2 atom stereocenters. The van der Waals surface area contributed by atoms with Crippen LogP contribution in [0.15, 0.2) is 30.3 Å². The number of nitrogens with two attached hydrogens (primary N) is 1. The van der Waals surface area contributed by atoms with E-state index in [9.17, 15) is 9.90 Å². The van der Waals surface area contributed by atoms with Crippen molar-refractivity contribution in [3.05, 3.63) is 35.9 Å². The molecule has 0 aliphatic rings. The average Bonchev–Trinajstić information content (AvgIpc) is 2.79. The van der Waals surface area contributed by atoms with Crippen LogP contribution in [-0.2, 0) is 11.2 Å². The topological polar surface area (TPSA) is 83.5 Å². The van der Waals surface area contributed by atoms with E-state index in [0.29, 0.717) is 6.42 Å². The number of benzene rings is 1. The van der Waals surface area contributed by atoms with Crippen LogP contribution in [0.25, 0.3) is 0 Å². The van der Waals surface area contributed by atoms with Crippen molar-refractivity contribution in [3.8, 4) is 0 Å². The number of aliphatic hydroxyl groups is 1. The van der Waals surface area contributed by atoms with E-state index in [4.69, 9.17) is 10.8 Å². The summed E-state index contributed by atoms with van der Waals surface area (Å²) in [6, 6.07) is 10.3. The number of carboxylic acid groups (broad SMARTS) is 1. The highest BCUT2D eigenvalue weighted by Crippen LogP contribution is 2.13. The Morgan fingerprint density at radius 3 is 1.94 bits per heavy atom. The van der Waals surface area contributed by atoms with Crippen LogP contribution in [0, 0.1) is 5.92 Å². The van der Waals surface area contributed by atoms with Crippen molar-refractivity contribution in [2.24, 2.45) is 11.7 Å². The highest BCUT2D eigenvalue weighted by molar-refractivity contribution is 5.66. The van der Waals surface area contributed by atoms with Gasteiger partial charge in [0, 0.05) is 12.5 Å². The number of unbranched alkanes of at least 4 members (excludes halogenated alkanes) is 9. The van der Waals surface area contributed by atoms with Gasteiger partial charge in [-0.2, -0.15) is 0 Å². The van der Waals surface area contributed by atoms with Crippen LogP contribution in [0.4, 0.5) is 0 Å². The minimum atomic E-state index is -0.672. The molecule has 0 saturated heterocycles. The summed E-state index contributed by atoms with van der Waals surface area (Å²) in [5.41, 5.74) is 7.41. The molecule has 0 fully saturated rings. The predicted octanol–water partition coefficient (Wildman–Crippen LogP) is 7.52. The van der Waals surface area contributed by atoms with Gasteiger partial charge in [0.15, 0.2) is 0 Å². The maximum absolute atomic E-state index is 10.1. The first-order valence-corrected chi connectivity index (χ1v) is 13.6. The van der Waals surface area contributed by atoms with Gasteiger partial charge < -0.3 is 15.9 Å². The number of aliphatic carboxylic acids is 1. The van der Waals surface area contributed by atoms with E-state index in [0.717, 1.165) is 44.4 Å². The van der Waals surface area contributed by atoms with Crippen LogP contribution >= 0.6 is 0 Å². The van der Waals surface area contributed by atoms with Gasteiger partial charge in [-0.1, -0.05) is 122 Å². The summed E-state index contributed by atoms with van der Waals surface area (Å²) in [5.74, 6) is 0.0781. The summed E-state index contributed by atoms with van der Waals surface area (Å²) < 4.78 is 0. The first-order valence-electron chi connectivity index (χ1n) is 13.6. The highest BCUT2D eigenvalue weighted by Gasteiger charge is 2.14. The number of rotatable bonds is 19. The molecule has 4 N–H and O–H groups in total. The summed E-state index contributed by atoms with van der Waals surface area (Å²) in [4.78, 5) is 10.1. The zero-order valence-electron chi connectivity index (χ0n) is 21.8. The molecule has 0 amide bonds. The van der Waals surface area contributed by atoms with Crippen molar-refractivity contribution in [1.29, 1.82) is 0 Å². The van der Waals surface area contributed by atoms with Gasteiger partial charge in [0.25, 0.3) is 0 Å². The number of carboxylic acids is 1. The van der Waals surface area contributed by atoms with Crippen LogP contribution in [0.2, 0.25) is 0 Å². The molecule has 4 nitrogen and oxygen atoms in total. The first-order chi connectivity index (χ1) is 15.9. The van der Waals surface area contributed by atoms with E-state index in [1.165, 1.54) is 63.4 Å². The van der Waals surface area contributed by atoms with Crippen molar-refractivity contribution < 1.29 is 15.0 Å². The second-order valence-electron chi connectivity index (χ2n) is 9.91. The summed E-state index contributed by atoms with van der Waals surface area (Å²) >= 11 is 0. The molecule has 2 unspecified atom stereocenters. The van der Waals surface area contributed by atoms with Gasteiger partial charge in [0.2, 0.25) is 0 Å². The number of hydrogen-bond donors (Lipinski definition) is 3. The lowest BCUT2D eigenvalue weighted by Gasteiger charge is -2.18. The highest BCUT2D eigenvalue weighted by atomic mass is 16.4. The largest absolute Gasteiger partial charge is 0.481 e. The van der Waals surface area contributed by atoms with E-state index >= 15 is 0 Å². The average molecular weight is 464 g/mol. The molecule has 0 heterocycles. The van der Waals surface area contributed by atoms with Gasteiger partial charge in [0.1, 0.15) is 0 Å². The van der Waals surface area contributed by atoms with E-state index in [2.05, 4.69) is 45.0 Å². The smallest absolute Gasteiger partial charge is 0.303 e. The molecule has 0 aliphatic heterocycles. The van der Waals surface area contributed by atoms with Crippen molar-refractivity contribution in [2.75, 3.05) is 0 Å². The maximum Gasteiger partial charge on any atom is 0.303 e. The summed E-state index contributed by atoms with van der Waals surface area (Å²) in [5, 5.41) is 18.5. The van der Waals surface area contributed by atoms with Crippen molar-refractivity contribution in [1.82, 2.24) is 0 Å². The molecule has 0 bridgehead atoms. The zero-order valence-corrected chi connectivity index (χ0v) is 21.8. The molecular formula is C29H53NO3. The normalized spacial score (nSPS) is 12.8. The molecule has 33 heavy (non-hydrogen) atoms. The van der Waals surface area contributed by atoms with Crippen LogP contribution in [0.5, 0.6) is 0 Å². The molecule has 0 saturated carbocycles. The van der Waals surface area contributed by atoms with E-state index < -0.39 is 5.97 Å². The lowest BCUT2D eigenvalue weighted by atomic mass is 9.98. The Morgan fingerprint density at radius 1 is 0.818 bits per heavy atom. The number of carbonyl (C=O) groups is 1. The molecule has 0 aliphatic carbocycles. The van der Waals surface area contributed by atoms with Crippen LogP contribution in [0.3, 0.4) is 0 Å². The first kappa shape index (κ1) is 31.6. The predicted molar refractivity (Wildman–Crippen MR) is 142 cm³/mol. The van der Waals surface area contributed by atoms with Gasteiger partial charge in [0.05, 0.1) is 6.10 Å². The van der Waals surface area contributed by atoms with Gasteiger partial charge in [-0.05, 0) is 37.2 Å². The second kappa shape index (κ2) is 22.4. The lowest BCUT2D eigenvalue weighted by molar-refractivity contribution is -0.137. The number of aryl methyl sites for hydroxylation is 1. The van der Waals surface area contributed by atoms with Crippen LogP contribution < -0.4 is 5.73 Å². The second-order valence-corrected chi connectivity index (χ2v) is 9.91. The Morgan fingerprint density at radius 2 is 1.36 bits per heavy atom. The van der Waals surface area contributed by atoms with Crippen molar-refractivity contribution >= 4 is 5.97 Å². The quantitative estimate of drug-likeness (QED) is 0.185. The van der Waals surface area contributed by atoms with Crippen LogP contribution in [0.1, 0.15) is 123 Å². The Labute approximate surface area is 204 Å². The SMILES string of the molecule is CC(C)CCCCCC(=O)O.CCCCCCCCCCC(O)C(N)CCc1ccccc1. The Hall–Kier alpha value is -1.39. The van der Waals surface area contributed by atoms with E-state index in [1.54, 1.807) is 0 Å². The third kappa shape index (κ3) is 22.2. The third-order valence-electron chi connectivity index (χ3n) is 6.13. The molecule has 1 aromatic rings. The Bertz CT molecular complexity index is 547. The van der Waals surface area contributed by atoms with E-state index in [-0.39, 0.29) is 12.1 Å². The standard InChI is InChI=1S/C20H35NO.C9H18O2/c1-2-3-4-5-6-7-8-12-15-20(22)19(21)17-16-18-13-10-9-11-14-18;1-8(2)6-4-3-5-7-9(10)11/h9-11,13-14,19-20,22H,2-8,12,15-17,21H2,1H3;8H,3-7H2,1-2H3,(H,10,11). The minimum absolute atomic E-state index is 0.0928. The van der Waals surface area contributed by atoms with Gasteiger partial charge in [-0.15, -0.1) is 0 Å². The fourth-order valence-electron chi connectivity index (χ4n) is 3.88. The summed E-state index contributed by atoms with van der Waals surface area (Å²) in [7, 11) is 0. The minimum Gasteiger partial charge on any atom is -0.481 e. The van der Waals surface area contributed by atoms with Crippen molar-refractivity contribution in [2.45, 2.75) is 136 Å². The summed E-state index contributed by atoms with van der Waals surface area (Å²) in [6.45, 7) is 6.64. The Balaban J connectivity index is 0.000000785. The zero-order chi connectivity index (χ0) is 24.7. The molecule has 0 radical (unpaired) electrons. The third-order valence-corrected chi connectivity index (χ3v) is 6.13. The molecule has 0 spiro atoms. The fourth-order valence-corrected chi connectivity index (χ4v) is 3.88.